The number of aliphatic hydroxyl groups excluding tert-OH is 1. The van der Waals surface area contributed by atoms with E-state index < -0.39 is 0 Å². The van der Waals surface area contributed by atoms with Crippen molar-refractivity contribution < 1.29 is 9.90 Å². The van der Waals surface area contributed by atoms with Gasteiger partial charge >= 0.3 is 0 Å². The molecule has 2 atom stereocenters. The van der Waals surface area contributed by atoms with Gasteiger partial charge in [-0.05, 0) is 13.3 Å². The molecular weight excluding hydrogens is 130 g/mol. The Hall–Kier alpha value is -0.570. The number of carbonyl (C=O) groups is 1. The highest BCUT2D eigenvalue weighted by atomic mass is 16.3. The third-order valence-electron chi connectivity index (χ3n) is 2.22. The maximum atomic E-state index is 11.0. The lowest BCUT2D eigenvalue weighted by Crippen LogP contribution is -2.47. The number of amides is 1. The van der Waals surface area contributed by atoms with Crippen LogP contribution in [0.1, 0.15) is 19.8 Å². The minimum absolute atomic E-state index is 0.0127. The van der Waals surface area contributed by atoms with Gasteiger partial charge in [-0.25, -0.2) is 0 Å². The summed E-state index contributed by atoms with van der Waals surface area (Å²) in [5.74, 6) is 0.137. The molecule has 0 unspecified atom stereocenters. The van der Waals surface area contributed by atoms with Crippen LogP contribution in [-0.2, 0) is 4.79 Å². The van der Waals surface area contributed by atoms with Gasteiger partial charge in [0.05, 0.1) is 12.1 Å². The summed E-state index contributed by atoms with van der Waals surface area (Å²) in [6, 6.07) is -0.0127. The van der Waals surface area contributed by atoms with E-state index in [0.29, 0.717) is 12.8 Å². The van der Waals surface area contributed by atoms with Crippen LogP contribution >= 0.6 is 0 Å². The highest BCUT2D eigenvalue weighted by molar-refractivity contribution is 5.77. The Morgan fingerprint density at radius 2 is 2.30 bits per heavy atom. The fraction of sp³-hybridized carbons (Fsp3) is 0.857. The number of piperidine rings is 1. The molecule has 0 aromatic carbocycles. The van der Waals surface area contributed by atoms with Crippen molar-refractivity contribution in [1.29, 1.82) is 0 Å². The van der Waals surface area contributed by atoms with Crippen LogP contribution in [0.25, 0.3) is 0 Å². The first-order valence-electron chi connectivity index (χ1n) is 3.56. The van der Waals surface area contributed by atoms with Gasteiger partial charge in [0.25, 0.3) is 0 Å². The van der Waals surface area contributed by atoms with E-state index in [1.807, 2.05) is 6.92 Å². The molecule has 0 radical (unpaired) electrons. The third-order valence-corrected chi connectivity index (χ3v) is 2.22. The van der Waals surface area contributed by atoms with Crippen molar-refractivity contribution in [3.8, 4) is 0 Å². The predicted octanol–water partition coefficient (Wildman–Crippen LogP) is -0.0120. The van der Waals surface area contributed by atoms with Crippen molar-refractivity contribution in [2.45, 2.75) is 31.9 Å². The summed E-state index contributed by atoms with van der Waals surface area (Å²) in [5.41, 5.74) is 0. The molecule has 1 amide bonds. The molecule has 1 aliphatic heterocycles. The summed E-state index contributed by atoms with van der Waals surface area (Å²) >= 11 is 0. The molecule has 3 nitrogen and oxygen atoms in total. The number of hydrogen-bond acceptors (Lipinski definition) is 2. The van der Waals surface area contributed by atoms with Gasteiger partial charge in [-0.3, -0.25) is 4.79 Å². The molecule has 1 fully saturated rings. The van der Waals surface area contributed by atoms with Gasteiger partial charge in [-0.15, -0.1) is 0 Å². The first kappa shape index (κ1) is 7.54. The van der Waals surface area contributed by atoms with Crippen LogP contribution in [0, 0.1) is 0 Å². The molecule has 1 N–H and O–H groups in total. The van der Waals surface area contributed by atoms with Gasteiger partial charge in [0, 0.05) is 13.5 Å². The SMILES string of the molecule is C[C@@H]1[C@H](O)CCC(=O)N1C. The number of carbonyl (C=O) groups excluding carboxylic acids is 1. The normalized spacial score (nSPS) is 34.7. The van der Waals surface area contributed by atoms with Gasteiger partial charge in [0.2, 0.25) is 5.91 Å². The van der Waals surface area contributed by atoms with E-state index in [-0.39, 0.29) is 18.1 Å². The van der Waals surface area contributed by atoms with Crippen molar-refractivity contribution in [3.63, 3.8) is 0 Å². The van der Waals surface area contributed by atoms with Gasteiger partial charge in [-0.2, -0.15) is 0 Å². The summed E-state index contributed by atoms with van der Waals surface area (Å²) in [5, 5.41) is 9.27. The van der Waals surface area contributed by atoms with E-state index in [0.717, 1.165) is 0 Å². The predicted molar refractivity (Wildman–Crippen MR) is 37.5 cm³/mol. The average molecular weight is 143 g/mol. The van der Waals surface area contributed by atoms with Crippen molar-refractivity contribution in [3.05, 3.63) is 0 Å². The van der Waals surface area contributed by atoms with E-state index >= 15 is 0 Å². The average Bonchev–Trinajstić information content (AvgIpc) is 1.93. The van der Waals surface area contributed by atoms with Crippen LogP contribution in [0.4, 0.5) is 0 Å². The molecule has 1 saturated heterocycles. The molecule has 0 bridgehead atoms. The third kappa shape index (κ3) is 1.14. The quantitative estimate of drug-likeness (QED) is 0.518. The molecule has 0 aliphatic carbocycles. The molecule has 1 aliphatic rings. The van der Waals surface area contributed by atoms with Gasteiger partial charge in [0.15, 0.2) is 0 Å². The van der Waals surface area contributed by atoms with Crippen molar-refractivity contribution >= 4 is 5.91 Å². The zero-order chi connectivity index (χ0) is 7.72. The first-order chi connectivity index (χ1) is 4.63. The standard InChI is InChI=1S/C7H13NO2/c1-5-6(9)3-4-7(10)8(5)2/h5-6,9H,3-4H2,1-2H3/t5-,6-/m1/s1. The molecular formula is C7H13NO2. The largest absolute Gasteiger partial charge is 0.391 e. The summed E-state index contributed by atoms with van der Waals surface area (Å²) in [4.78, 5) is 12.6. The Bertz CT molecular complexity index is 147. The molecule has 0 saturated carbocycles. The molecule has 0 aromatic rings. The highest BCUT2D eigenvalue weighted by Gasteiger charge is 2.28. The molecule has 1 rings (SSSR count). The molecule has 0 aromatic heterocycles. The fourth-order valence-corrected chi connectivity index (χ4v) is 1.17. The molecule has 0 spiro atoms. The van der Waals surface area contributed by atoms with Crippen molar-refractivity contribution in [2.24, 2.45) is 0 Å². The first-order valence-corrected chi connectivity index (χ1v) is 3.56. The Kier molecular flexibility index (Phi) is 1.94. The van der Waals surface area contributed by atoms with Crippen LogP contribution in [0.2, 0.25) is 0 Å². The Morgan fingerprint density at radius 3 is 2.80 bits per heavy atom. The Balaban J connectivity index is 2.60. The van der Waals surface area contributed by atoms with Crippen LogP contribution in [0.15, 0.2) is 0 Å². The van der Waals surface area contributed by atoms with Gasteiger partial charge < -0.3 is 10.0 Å². The molecule has 1 heterocycles. The monoisotopic (exact) mass is 143 g/mol. The number of aliphatic hydroxyl groups is 1. The summed E-state index contributed by atoms with van der Waals surface area (Å²) in [6.07, 6.45) is 0.773. The summed E-state index contributed by atoms with van der Waals surface area (Å²) in [7, 11) is 1.73. The van der Waals surface area contributed by atoms with Crippen molar-refractivity contribution in [2.75, 3.05) is 7.05 Å². The lowest BCUT2D eigenvalue weighted by molar-refractivity contribution is -0.138. The second-order valence-corrected chi connectivity index (χ2v) is 2.85. The minimum atomic E-state index is -0.331. The van der Waals surface area contributed by atoms with Crippen LogP contribution in [0.3, 0.4) is 0 Å². The van der Waals surface area contributed by atoms with E-state index in [1.165, 1.54) is 0 Å². The summed E-state index contributed by atoms with van der Waals surface area (Å²) in [6.45, 7) is 1.86. The number of nitrogens with zero attached hydrogens (tertiary/aromatic N) is 1. The lowest BCUT2D eigenvalue weighted by Gasteiger charge is -2.33. The van der Waals surface area contributed by atoms with Crippen LogP contribution in [0.5, 0.6) is 0 Å². The number of likely N-dealkylation sites (N-methyl/N-ethyl adjacent to an activating group) is 1. The highest BCUT2D eigenvalue weighted by Crippen LogP contribution is 2.15. The Morgan fingerprint density at radius 1 is 1.70 bits per heavy atom. The Labute approximate surface area is 60.6 Å². The van der Waals surface area contributed by atoms with Crippen LogP contribution in [-0.4, -0.2) is 35.1 Å². The molecule has 3 heteroatoms. The number of rotatable bonds is 0. The van der Waals surface area contributed by atoms with Gasteiger partial charge in [0.1, 0.15) is 0 Å². The van der Waals surface area contributed by atoms with E-state index in [4.69, 9.17) is 0 Å². The van der Waals surface area contributed by atoms with E-state index in [9.17, 15) is 9.90 Å². The van der Waals surface area contributed by atoms with Crippen molar-refractivity contribution in [1.82, 2.24) is 4.90 Å². The van der Waals surface area contributed by atoms with E-state index in [2.05, 4.69) is 0 Å². The zero-order valence-electron chi connectivity index (χ0n) is 6.37. The fourth-order valence-electron chi connectivity index (χ4n) is 1.17. The second-order valence-electron chi connectivity index (χ2n) is 2.85. The minimum Gasteiger partial charge on any atom is -0.391 e. The molecule has 58 valence electrons. The smallest absolute Gasteiger partial charge is 0.222 e. The van der Waals surface area contributed by atoms with Gasteiger partial charge in [-0.1, -0.05) is 0 Å². The number of hydrogen-bond donors (Lipinski definition) is 1. The van der Waals surface area contributed by atoms with E-state index in [1.54, 1.807) is 11.9 Å². The zero-order valence-corrected chi connectivity index (χ0v) is 6.37. The summed E-state index contributed by atoms with van der Waals surface area (Å²) < 4.78 is 0. The second kappa shape index (κ2) is 2.58. The van der Waals surface area contributed by atoms with Crippen LogP contribution < -0.4 is 0 Å². The maximum absolute atomic E-state index is 11.0. The lowest BCUT2D eigenvalue weighted by atomic mass is 10.0. The molecule has 10 heavy (non-hydrogen) atoms. The maximum Gasteiger partial charge on any atom is 0.222 e. The number of likely N-dealkylation sites (tertiary alicyclic amines) is 1. The topological polar surface area (TPSA) is 40.5 Å².